The Morgan fingerprint density at radius 3 is 2.90 bits per heavy atom. The van der Waals surface area contributed by atoms with Gasteiger partial charge in [0.25, 0.3) is 0 Å². The quantitative estimate of drug-likeness (QED) is 0.767. The molecule has 8 atom stereocenters. The molecule has 158 valence electrons. The number of piperidine rings is 1. The highest BCUT2D eigenvalue weighted by atomic mass is 32.2. The maximum absolute atomic E-state index is 15.1. The molecule has 2 heterocycles. The third-order valence-corrected chi connectivity index (χ3v) is 8.22. The number of amides is 1. The van der Waals surface area contributed by atoms with Gasteiger partial charge in [0.1, 0.15) is 5.82 Å². The summed E-state index contributed by atoms with van der Waals surface area (Å²) in [6.07, 6.45) is 3.06. The van der Waals surface area contributed by atoms with Crippen LogP contribution in [0.1, 0.15) is 43.2 Å². The minimum atomic E-state index is -0.150. The third-order valence-electron chi connectivity index (χ3n) is 7.09. The number of nitrogens with one attached hydrogen (secondary N) is 2. The van der Waals surface area contributed by atoms with Gasteiger partial charge in [-0.15, -0.1) is 11.8 Å². The van der Waals surface area contributed by atoms with Gasteiger partial charge >= 0.3 is 0 Å². The molecule has 0 radical (unpaired) electrons. The summed E-state index contributed by atoms with van der Waals surface area (Å²) < 4.78 is 21.0. The molecule has 3 aliphatic rings. The number of allylic oxidation sites excluding steroid dienone is 1. The number of ether oxygens (including phenoxy) is 1. The third kappa shape index (κ3) is 3.64. The van der Waals surface area contributed by atoms with E-state index in [0.717, 1.165) is 24.1 Å². The summed E-state index contributed by atoms with van der Waals surface area (Å²) in [5.74, 6) is 0.843. The molecule has 4 rings (SSSR count). The largest absolute Gasteiger partial charge is 0.381 e. The van der Waals surface area contributed by atoms with Crippen molar-refractivity contribution in [3.8, 4) is 0 Å². The second-order valence-corrected chi connectivity index (χ2v) is 9.88. The van der Waals surface area contributed by atoms with Gasteiger partial charge in [0.15, 0.2) is 0 Å². The molecule has 6 heteroatoms. The molecule has 2 aliphatic heterocycles. The average Bonchev–Trinajstić information content (AvgIpc) is 3.19. The normalized spacial score (nSPS) is 37.0. The zero-order valence-corrected chi connectivity index (χ0v) is 18.3. The predicted molar refractivity (Wildman–Crippen MR) is 115 cm³/mol. The van der Waals surface area contributed by atoms with Gasteiger partial charge in [0, 0.05) is 31.5 Å². The molecule has 0 spiro atoms. The molecule has 2 N–H and O–H groups in total. The molecule has 1 saturated heterocycles. The van der Waals surface area contributed by atoms with Gasteiger partial charge in [-0.3, -0.25) is 4.79 Å². The van der Waals surface area contributed by atoms with Gasteiger partial charge in [-0.1, -0.05) is 32.1 Å². The SMILES string of the molecule is CNCC(C)c1ccc(C2C(OC)CC(C)C3NC(=O)C4SC=CC4C32)cc1F. The number of benzene rings is 1. The van der Waals surface area contributed by atoms with E-state index in [1.54, 1.807) is 24.9 Å². The fraction of sp³-hybridized carbons (Fsp3) is 0.609. The molecular weight excluding hydrogens is 387 g/mol. The number of likely N-dealkylation sites (N-methyl/N-ethyl adjacent to an activating group) is 1. The maximum atomic E-state index is 15.1. The zero-order chi connectivity index (χ0) is 20.7. The topological polar surface area (TPSA) is 50.4 Å². The van der Waals surface area contributed by atoms with Crippen LogP contribution < -0.4 is 10.6 Å². The Bertz CT molecular complexity index is 801. The smallest absolute Gasteiger partial charge is 0.234 e. The summed E-state index contributed by atoms with van der Waals surface area (Å²) in [5.41, 5.74) is 1.72. The van der Waals surface area contributed by atoms with Crippen molar-refractivity contribution >= 4 is 17.7 Å². The van der Waals surface area contributed by atoms with Crippen LogP contribution in [0.15, 0.2) is 29.7 Å². The molecule has 1 aromatic rings. The molecule has 0 aromatic heterocycles. The number of hydrogen-bond donors (Lipinski definition) is 2. The van der Waals surface area contributed by atoms with Crippen LogP contribution in [0.5, 0.6) is 0 Å². The van der Waals surface area contributed by atoms with Crippen molar-refractivity contribution in [2.75, 3.05) is 20.7 Å². The molecule has 8 unspecified atom stereocenters. The zero-order valence-electron chi connectivity index (χ0n) is 17.5. The van der Waals surface area contributed by atoms with Crippen LogP contribution in [0, 0.1) is 23.6 Å². The molecule has 1 aromatic carbocycles. The molecular formula is C23H31FN2O2S. The first-order valence-corrected chi connectivity index (χ1v) is 11.5. The lowest BCUT2D eigenvalue weighted by atomic mass is 9.60. The average molecular weight is 419 g/mol. The van der Waals surface area contributed by atoms with Gasteiger partial charge < -0.3 is 15.4 Å². The minimum absolute atomic E-state index is 0.0147. The predicted octanol–water partition coefficient (Wildman–Crippen LogP) is 3.65. The van der Waals surface area contributed by atoms with Crippen LogP contribution in [-0.4, -0.2) is 44.0 Å². The Balaban J connectivity index is 1.73. The molecule has 2 fully saturated rings. The van der Waals surface area contributed by atoms with Gasteiger partial charge in [0.2, 0.25) is 5.91 Å². The van der Waals surface area contributed by atoms with E-state index in [1.807, 2.05) is 20.0 Å². The lowest BCUT2D eigenvalue weighted by molar-refractivity contribution is -0.129. The lowest BCUT2D eigenvalue weighted by Gasteiger charge is -2.52. The number of carbonyl (C=O) groups is 1. The Morgan fingerprint density at radius 2 is 2.21 bits per heavy atom. The molecule has 1 aliphatic carbocycles. The number of carbonyl (C=O) groups excluding carboxylic acids is 1. The number of thioether (sulfide) groups is 1. The van der Waals surface area contributed by atoms with E-state index in [1.165, 1.54) is 0 Å². The van der Waals surface area contributed by atoms with E-state index >= 15 is 4.39 Å². The van der Waals surface area contributed by atoms with Gasteiger partial charge in [-0.05, 0) is 53.8 Å². The van der Waals surface area contributed by atoms with E-state index in [2.05, 4.69) is 35.1 Å². The number of hydrogen-bond acceptors (Lipinski definition) is 4. The second-order valence-electron chi connectivity index (χ2n) is 8.83. The first-order chi connectivity index (χ1) is 14.0. The highest BCUT2D eigenvalue weighted by molar-refractivity contribution is 8.03. The van der Waals surface area contributed by atoms with Crippen molar-refractivity contribution in [3.63, 3.8) is 0 Å². The summed E-state index contributed by atoms with van der Waals surface area (Å²) in [6.45, 7) is 4.96. The van der Waals surface area contributed by atoms with E-state index in [-0.39, 0.29) is 52.8 Å². The highest BCUT2D eigenvalue weighted by Crippen LogP contribution is 2.52. The van der Waals surface area contributed by atoms with E-state index < -0.39 is 0 Å². The van der Waals surface area contributed by atoms with Crippen LogP contribution >= 0.6 is 11.8 Å². The summed E-state index contributed by atoms with van der Waals surface area (Å²) >= 11 is 1.60. The van der Waals surface area contributed by atoms with Crippen LogP contribution in [-0.2, 0) is 9.53 Å². The standard InChI is InChI=1S/C23H31FN2O2S/c1-12-9-18(28-4)19(14-5-6-15(17(24)10-14)13(2)11-25-3)20-16-7-8-29-22(16)23(27)26-21(12)20/h5-8,10,12-13,16,18-22,25H,9,11H2,1-4H3,(H,26,27). The van der Waals surface area contributed by atoms with Gasteiger partial charge in [-0.25, -0.2) is 4.39 Å². The van der Waals surface area contributed by atoms with Crippen LogP contribution in [0.2, 0.25) is 0 Å². The van der Waals surface area contributed by atoms with E-state index in [9.17, 15) is 4.79 Å². The summed E-state index contributed by atoms with van der Waals surface area (Å²) in [4.78, 5) is 12.6. The van der Waals surface area contributed by atoms with Crippen molar-refractivity contribution in [1.82, 2.24) is 10.6 Å². The van der Waals surface area contributed by atoms with Gasteiger partial charge in [-0.2, -0.15) is 0 Å². The monoisotopic (exact) mass is 418 g/mol. The molecule has 29 heavy (non-hydrogen) atoms. The first kappa shape index (κ1) is 20.9. The fourth-order valence-electron chi connectivity index (χ4n) is 5.70. The lowest BCUT2D eigenvalue weighted by Crippen LogP contribution is -2.62. The van der Waals surface area contributed by atoms with Crippen molar-refractivity contribution in [2.24, 2.45) is 17.8 Å². The second kappa shape index (κ2) is 8.40. The number of methoxy groups -OCH3 is 1. The summed E-state index contributed by atoms with van der Waals surface area (Å²) in [6, 6.07) is 5.81. The summed E-state index contributed by atoms with van der Waals surface area (Å²) in [7, 11) is 3.64. The molecule has 4 nitrogen and oxygen atoms in total. The van der Waals surface area contributed by atoms with E-state index in [0.29, 0.717) is 5.92 Å². The van der Waals surface area contributed by atoms with Gasteiger partial charge in [0.05, 0.1) is 11.4 Å². The Hall–Kier alpha value is -1.37. The van der Waals surface area contributed by atoms with E-state index in [4.69, 9.17) is 4.74 Å². The molecule has 1 saturated carbocycles. The Morgan fingerprint density at radius 1 is 1.41 bits per heavy atom. The minimum Gasteiger partial charge on any atom is -0.381 e. The Labute approximate surface area is 177 Å². The first-order valence-electron chi connectivity index (χ1n) is 10.6. The van der Waals surface area contributed by atoms with Crippen molar-refractivity contribution in [1.29, 1.82) is 0 Å². The van der Waals surface area contributed by atoms with Crippen LogP contribution in [0.25, 0.3) is 0 Å². The maximum Gasteiger partial charge on any atom is 0.234 e. The Kier molecular flexibility index (Phi) is 6.05. The highest BCUT2D eigenvalue weighted by Gasteiger charge is 2.54. The number of rotatable bonds is 5. The summed E-state index contributed by atoms with van der Waals surface area (Å²) in [5, 5.41) is 8.38. The van der Waals surface area contributed by atoms with Crippen LogP contribution in [0.4, 0.5) is 4.39 Å². The fourth-order valence-corrected chi connectivity index (χ4v) is 6.79. The number of halogens is 1. The molecule has 1 amide bonds. The van der Waals surface area contributed by atoms with Crippen molar-refractivity contribution < 1.29 is 13.9 Å². The van der Waals surface area contributed by atoms with Crippen LogP contribution in [0.3, 0.4) is 0 Å². The van der Waals surface area contributed by atoms with Crippen molar-refractivity contribution in [2.45, 2.75) is 49.5 Å². The number of fused-ring (bicyclic) bond motifs is 3. The van der Waals surface area contributed by atoms with Crippen molar-refractivity contribution in [3.05, 3.63) is 46.6 Å². The molecule has 0 bridgehead atoms.